The monoisotopic (exact) mass is 180 g/mol. The molecule has 3 nitrogen and oxygen atoms in total. The molecule has 0 aromatic carbocycles. The lowest BCUT2D eigenvalue weighted by Crippen LogP contribution is -1.96. The van der Waals surface area contributed by atoms with Gasteiger partial charge < -0.3 is 14.3 Å². The Morgan fingerprint density at radius 3 is 1.77 bits per heavy atom. The van der Waals surface area contributed by atoms with E-state index in [0.717, 1.165) is 17.9 Å². The van der Waals surface area contributed by atoms with Crippen molar-refractivity contribution in [1.29, 1.82) is 0 Å². The SMILES string of the molecule is C=O.COC1=C2C=CC(=C1OC)C2. The van der Waals surface area contributed by atoms with Gasteiger partial charge in [-0.2, -0.15) is 0 Å². The molecule has 0 heterocycles. The number of fused-ring (bicyclic) bond motifs is 2. The van der Waals surface area contributed by atoms with Crippen LogP contribution in [-0.4, -0.2) is 21.0 Å². The number of methoxy groups -OCH3 is 2. The van der Waals surface area contributed by atoms with Crippen molar-refractivity contribution in [2.24, 2.45) is 0 Å². The summed E-state index contributed by atoms with van der Waals surface area (Å²) in [5, 5.41) is 0. The first-order valence-corrected chi connectivity index (χ1v) is 3.88. The predicted molar refractivity (Wildman–Crippen MR) is 48.9 cm³/mol. The first-order chi connectivity index (χ1) is 6.36. The number of ether oxygens (including phenoxy) is 2. The first-order valence-electron chi connectivity index (χ1n) is 3.88. The number of hydrogen-bond donors (Lipinski definition) is 0. The zero-order chi connectivity index (χ0) is 9.84. The van der Waals surface area contributed by atoms with Gasteiger partial charge in [-0.05, 0) is 0 Å². The van der Waals surface area contributed by atoms with E-state index in [-0.39, 0.29) is 0 Å². The Labute approximate surface area is 77.3 Å². The van der Waals surface area contributed by atoms with Crippen LogP contribution in [0.2, 0.25) is 0 Å². The van der Waals surface area contributed by atoms with Gasteiger partial charge in [0.2, 0.25) is 0 Å². The molecule has 2 aliphatic carbocycles. The van der Waals surface area contributed by atoms with Gasteiger partial charge in [0.25, 0.3) is 0 Å². The predicted octanol–water partition coefficient (Wildman–Crippen LogP) is 1.58. The van der Waals surface area contributed by atoms with E-state index in [1.165, 1.54) is 11.1 Å². The molecule has 0 aliphatic heterocycles. The van der Waals surface area contributed by atoms with Crippen LogP contribution in [0.1, 0.15) is 6.42 Å². The van der Waals surface area contributed by atoms with Crippen molar-refractivity contribution >= 4 is 6.79 Å². The maximum Gasteiger partial charge on any atom is 0.164 e. The summed E-state index contributed by atoms with van der Waals surface area (Å²) in [5.74, 6) is 1.81. The third kappa shape index (κ3) is 1.37. The van der Waals surface area contributed by atoms with Crippen molar-refractivity contribution < 1.29 is 14.3 Å². The van der Waals surface area contributed by atoms with E-state index in [2.05, 4.69) is 12.2 Å². The number of rotatable bonds is 2. The van der Waals surface area contributed by atoms with Gasteiger partial charge in [-0.3, -0.25) is 0 Å². The summed E-state index contributed by atoms with van der Waals surface area (Å²) in [6.45, 7) is 2.00. The quantitative estimate of drug-likeness (QED) is 0.647. The van der Waals surface area contributed by atoms with Crippen molar-refractivity contribution in [1.82, 2.24) is 0 Å². The van der Waals surface area contributed by atoms with Gasteiger partial charge >= 0.3 is 0 Å². The van der Waals surface area contributed by atoms with Crippen LogP contribution in [0.4, 0.5) is 0 Å². The molecule has 0 spiro atoms. The van der Waals surface area contributed by atoms with Crippen molar-refractivity contribution in [3.8, 4) is 0 Å². The Balaban J connectivity index is 0.000000396. The van der Waals surface area contributed by atoms with Gasteiger partial charge in [0.1, 0.15) is 6.79 Å². The van der Waals surface area contributed by atoms with Gasteiger partial charge in [0.15, 0.2) is 11.5 Å². The molecular formula is C10H12O3. The number of hydrogen-bond acceptors (Lipinski definition) is 3. The summed E-state index contributed by atoms with van der Waals surface area (Å²) in [6, 6.07) is 0. The van der Waals surface area contributed by atoms with Gasteiger partial charge in [-0.25, -0.2) is 0 Å². The summed E-state index contributed by atoms with van der Waals surface area (Å²) in [5.41, 5.74) is 2.47. The van der Waals surface area contributed by atoms with E-state index in [9.17, 15) is 0 Å². The van der Waals surface area contributed by atoms with Crippen molar-refractivity contribution in [2.75, 3.05) is 14.2 Å². The standard InChI is InChI=1S/C9H10O2.CH2O/c1-10-8-6-3-4-7(5-6)9(8)11-2;1-2/h3-4H,5H2,1-2H3;1H2. The Morgan fingerprint density at radius 2 is 1.46 bits per heavy atom. The normalized spacial score (nSPS) is 17.4. The molecule has 2 bridgehead atoms. The maximum atomic E-state index is 8.00. The van der Waals surface area contributed by atoms with E-state index in [4.69, 9.17) is 14.3 Å². The molecule has 0 radical (unpaired) electrons. The summed E-state index contributed by atoms with van der Waals surface area (Å²) in [7, 11) is 3.35. The van der Waals surface area contributed by atoms with Crippen LogP contribution in [0.25, 0.3) is 0 Å². The Morgan fingerprint density at radius 1 is 1.08 bits per heavy atom. The molecule has 0 atom stereocenters. The average molecular weight is 180 g/mol. The van der Waals surface area contributed by atoms with Crippen LogP contribution in [0.15, 0.2) is 34.8 Å². The van der Waals surface area contributed by atoms with Crippen LogP contribution < -0.4 is 0 Å². The molecule has 0 fully saturated rings. The second-order valence-corrected chi connectivity index (χ2v) is 2.63. The lowest BCUT2D eigenvalue weighted by Gasteiger charge is -2.09. The molecule has 0 aromatic rings. The minimum absolute atomic E-state index is 0.907. The van der Waals surface area contributed by atoms with Crippen LogP contribution in [0.3, 0.4) is 0 Å². The zero-order valence-corrected chi connectivity index (χ0v) is 7.79. The van der Waals surface area contributed by atoms with Gasteiger partial charge in [-0.1, -0.05) is 12.2 Å². The minimum Gasteiger partial charge on any atom is -0.493 e. The van der Waals surface area contributed by atoms with Crippen molar-refractivity contribution in [3.05, 3.63) is 34.8 Å². The molecule has 3 heteroatoms. The molecule has 2 rings (SSSR count). The van der Waals surface area contributed by atoms with E-state index in [0.29, 0.717) is 0 Å². The highest BCUT2D eigenvalue weighted by Gasteiger charge is 2.27. The highest BCUT2D eigenvalue weighted by atomic mass is 16.5. The van der Waals surface area contributed by atoms with Gasteiger partial charge in [0.05, 0.1) is 14.2 Å². The number of allylic oxidation sites excluding steroid dienone is 4. The summed E-state index contributed by atoms with van der Waals surface area (Å²) >= 11 is 0. The Hall–Kier alpha value is -1.51. The maximum absolute atomic E-state index is 8.00. The zero-order valence-electron chi connectivity index (χ0n) is 7.79. The van der Waals surface area contributed by atoms with Crippen LogP contribution in [0, 0.1) is 0 Å². The molecule has 70 valence electrons. The Kier molecular flexibility index (Phi) is 2.90. The average Bonchev–Trinajstić information content (AvgIpc) is 2.79. The molecule has 2 aliphatic rings. The molecule has 0 aromatic heterocycles. The lowest BCUT2D eigenvalue weighted by molar-refractivity contribution is -0.0979. The third-order valence-corrected chi connectivity index (χ3v) is 2.06. The highest BCUT2D eigenvalue weighted by Crippen LogP contribution is 2.39. The number of carbonyl (C=O) groups is 1. The van der Waals surface area contributed by atoms with E-state index < -0.39 is 0 Å². The lowest BCUT2D eigenvalue weighted by atomic mass is 10.2. The molecule has 0 saturated heterocycles. The second-order valence-electron chi connectivity index (χ2n) is 2.63. The second kappa shape index (κ2) is 3.94. The van der Waals surface area contributed by atoms with E-state index in [1.807, 2.05) is 6.79 Å². The minimum atomic E-state index is 0.907. The molecule has 0 unspecified atom stereocenters. The van der Waals surface area contributed by atoms with Crippen LogP contribution in [-0.2, 0) is 14.3 Å². The van der Waals surface area contributed by atoms with Gasteiger partial charge in [0, 0.05) is 17.6 Å². The molecule has 0 saturated carbocycles. The highest BCUT2D eigenvalue weighted by molar-refractivity contribution is 5.56. The fraction of sp³-hybridized carbons (Fsp3) is 0.300. The first kappa shape index (κ1) is 9.58. The topological polar surface area (TPSA) is 35.5 Å². The van der Waals surface area contributed by atoms with Crippen LogP contribution in [0.5, 0.6) is 0 Å². The largest absolute Gasteiger partial charge is 0.493 e. The number of carbonyl (C=O) groups excluding carboxylic acids is 1. The fourth-order valence-electron chi connectivity index (χ4n) is 1.58. The van der Waals surface area contributed by atoms with Crippen molar-refractivity contribution in [3.63, 3.8) is 0 Å². The third-order valence-electron chi connectivity index (χ3n) is 2.06. The summed E-state index contributed by atoms with van der Waals surface area (Å²) < 4.78 is 10.4. The summed E-state index contributed by atoms with van der Waals surface area (Å²) in [6.07, 6.45) is 5.14. The van der Waals surface area contributed by atoms with Crippen LogP contribution >= 0.6 is 0 Å². The van der Waals surface area contributed by atoms with Gasteiger partial charge in [-0.15, -0.1) is 0 Å². The van der Waals surface area contributed by atoms with Crippen molar-refractivity contribution in [2.45, 2.75) is 6.42 Å². The van der Waals surface area contributed by atoms with E-state index in [1.54, 1.807) is 14.2 Å². The fourth-order valence-corrected chi connectivity index (χ4v) is 1.58. The summed E-state index contributed by atoms with van der Waals surface area (Å²) in [4.78, 5) is 8.00. The smallest absolute Gasteiger partial charge is 0.164 e. The Bertz CT molecular complexity index is 269. The van der Waals surface area contributed by atoms with E-state index >= 15 is 0 Å². The molecule has 0 amide bonds. The molecule has 0 N–H and O–H groups in total. The molecule has 13 heavy (non-hydrogen) atoms. The molecular weight excluding hydrogens is 168 g/mol.